The molecule has 1 heterocycles. The lowest BCUT2D eigenvalue weighted by Gasteiger charge is -2.23. The van der Waals surface area contributed by atoms with Gasteiger partial charge in [-0.25, -0.2) is 0 Å². The first-order valence-electron chi connectivity index (χ1n) is 7.23. The smallest absolute Gasteiger partial charge is 0.274 e. The van der Waals surface area contributed by atoms with Crippen LogP contribution >= 0.6 is 46.1 Å². The summed E-state index contributed by atoms with van der Waals surface area (Å²) in [4.78, 5) is 15.1. The van der Waals surface area contributed by atoms with E-state index in [0.717, 1.165) is 0 Å². The highest BCUT2D eigenvalue weighted by Gasteiger charge is 2.24. The maximum atomic E-state index is 13.2. The third-order valence-corrected chi connectivity index (χ3v) is 5.60. The molecule has 1 N–H and O–H groups in total. The van der Waals surface area contributed by atoms with E-state index in [1.165, 1.54) is 16.2 Å². The van der Waals surface area contributed by atoms with Crippen LogP contribution in [0.2, 0.25) is 15.1 Å². The van der Waals surface area contributed by atoms with Gasteiger partial charge in [0, 0.05) is 27.0 Å². The van der Waals surface area contributed by atoms with Crippen molar-refractivity contribution in [2.24, 2.45) is 0 Å². The van der Waals surface area contributed by atoms with Gasteiger partial charge in [-0.2, -0.15) is 0 Å². The number of aliphatic hydroxyl groups excluding tert-OH is 1. The van der Waals surface area contributed by atoms with Crippen LogP contribution in [0.5, 0.6) is 0 Å². The summed E-state index contributed by atoms with van der Waals surface area (Å²) in [6.45, 7) is -0.218. The lowest BCUT2D eigenvalue weighted by atomic mass is 10.2. The van der Waals surface area contributed by atoms with Gasteiger partial charge in [0.05, 0.1) is 11.6 Å². The van der Waals surface area contributed by atoms with Gasteiger partial charge >= 0.3 is 0 Å². The van der Waals surface area contributed by atoms with E-state index >= 15 is 0 Å². The number of amides is 1. The zero-order chi connectivity index (χ0) is 18.0. The van der Waals surface area contributed by atoms with E-state index in [2.05, 4.69) is 0 Å². The summed E-state index contributed by atoms with van der Waals surface area (Å²) in [5, 5.41) is 12.4. The molecule has 1 amide bonds. The first-order chi connectivity index (χ1) is 12.0. The van der Waals surface area contributed by atoms with Crippen LogP contribution in [0.15, 0.2) is 53.9 Å². The van der Waals surface area contributed by atoms with Crippen molar-refractivity contribution in [2.75, 3.05) is 4.90 Å². The molecule has 25 heavy (non-hydrogen) atoms. The number of thiophene rings is 1. The molecular formula is C18H12Cl3NO2S. The van der Waals surface area contributed by atoms with Crippen LogP contribution in [0.1, 0.15) is 15.2 Å². The average Bonchev–Trinajstić information content (AvgIpc) is 2.99. The van der Waals surface area contributed by atoms with Crippen molar-refractivity contribution in [1.29, 1.82) is 0 Å². The fraction of sp³-hybridized carbons (Fsp3) is 0.0556. The number of hydrogen-bond acceptors (Lipinski definition) is 3. The molecule has 0 unspecified atom stereocenters. The van der Waals surface area contributed by atoms with E-state index < -0.39 is 0 Å². The molecule has 0 saturated heterocycles. The first kappa shape index (κ1) is 18.2. The Labute approximate surface area is 164 Å². The quantitative estimate of drug-likeness (QED) is 0.556. The van der Waals surface area contributed by atoms with Gasteiger partial charge in [-0.05, 0) is 53.9 Å². The lowest BCUT2D eigenvalue weighted by Crippen LogP contribution is -2.25. The largest absolute Gasteiger partial charge is 0.392 e. The number of carbonyl (C=O) groups is 1. The minimum absolute atomic E-state index is 0.218. The number of benzene rings is 2. The number of carbonyl (C=O) groups excluding carboxylic acids is 1. The van der Waals surface area contributed by atoms with Crippen molar-refractivity contribution in [3.05, 3.63) is 79.4 Å². The second-order valence-electron chi connectivity index (χ2n) is 5.16. The summed E-state index contributed by atoms with van der Waals surface area (Å²) in [6.07, 6.45) is 0. The summed E-state index contributed by atoms with van der Waals surface area (Å²) in [7, 11) is 0. The summed E-state index contributed by atoms with van der Waals surface area (Å²) in [5.74, 6) is -0.292. The van der Waals surface area contributed by atoms with Crippen LogP contribution in [0.4, 0.5) is 11.4 Å². The van der Waals surface area contributed by atoms with Crippen molar-refractivity contribution in [2.45, 2.75) is 6.61 Å². The normalized spacial score (nSPS) is 10.7. The van der Waals surface area contributed by atoms with Gasteiger partial charge < -0.3 is 5.11 Å². The highest BCUT2D eigenvalue weighted by molar-refractivity contribution is 7.13. The molecule has 1 aromatic heterocycles. The van der Waals surface area contributed by atoms with Crippen LogP contribution in [-0.2, 0) is 6.61 Å². The molecule has 0 bridgehead atoms. The van der Waals surface area contributed by atoms with Crippen LogP contribution in [-0.4, -0.2) is 11.0 Å². The van der Waals surface area contributed by atoms with E-state index in [4.69, 9.17) is 34.8 Å². The van der Waals surface area contributed by atoms with Crippen molar-refractivity contribution < 1.29 is 9.90 Å². The second-order valence-corrected chi connectivity index (χ2v) is 7.29. The minimum Gasteiger partial charge on any atom is -0.392 e. The van der Waals surface area contributed by atoms with E-state index in [1.807, 2.05) is 0 Å². The van der Waals surface area contributed by atoms with E-state index in [1.54, 1.807) is 53.9 Å². The van der Waals surface area contributed by atoms with Crippen molar-refractivity contribution >= 4 is 63.4 Å². The molecule has 2 aromatic carbocycles. The Balaban J connectivity index is 2.09. The SMILES string of the molecule is O=C(c1scc(CO)c1Cl)N(c1ccc(Cl)cc1)c1ccc(Cl)cc1. The highest BCUT2D eigenvalue weighted by atomic mass is 35.5. The van der Waals surface area contributed by atoms with Gasteiger partial charge in [0.2, 0.25) is 0 Å². The van der Waals surface area contributed by atoms with Crippen molar-refractivity contribution in [1.82, 2.24) is 0 Å². The molecule has 0 radical (unpaired) electrons. The molecular weight excluding hydrogens is 401 g/mol. The van der Waals surface area contributed by atoms with E-state index in [-0.39, 0.29) is 17.5 Å². The maximum absolute atomic E-state index is 13.2. The zero-order valence-electron chi connectivity index (χ0n) is 12.7. The van der Waals surface area contributed by atoms with Gasteiger partial charge in [0.25, 0.3) is 5.91 Å². The number of rotatable bonds is 4. The summed E-state index contributed by atoms with van der Waals surface area (Å²) >= 11 is 19.4. The van der Waals surface area contributed by atoms with E-state index in [9.17, 15) is 9.90 Å². The van der Waals surface area contributed by atoms with E-state index in [0.29, 0.717) is 31.9 Å². The van der Waals surface area contributed by atoms with Crippen LogP contribution in [0.3, 0.4) is 0 Å². The number of halogens is 3. The van der Waals surface area contributed by atoms with Crippen LogP contribution < -0.4 is 4.90 Å². The molecule has 0 fully saturated rings. The number of anilines is 2. The Morgan fingerprint density at radius 3 is 1.80 bits per heavy atom. The molecule has 0 atom stereocenters. The Morgan fingerprint density at radius 1 is 0.920 bits per heavy atom. The monoisotopic (exact) mass is 411 g/mol. The Bertz CT molecular complexity index is 846. The summed E-state index contributed by atoms with van der Waals surface area (Å²) < 4.78 is 0. The number of nitrogens with zero attached hydrogens (tertiary/aromatic N) is 1. The molecule has 3 rings (SSSR count). The topological polar surface area (TPSA) is 40.5 Å². The molecule has 0 aliphatic carbocycles. The highest BCUT2D eigenvalue weighted by Crippen LogP contribution is 2.35. The Hall–Kier alpha value is -1.56. The average molecular weight is 413 g/mol. The van der Waals surface area contributed by atoms with Gasteiger partial charge in [-0.1, -0.05) is 34.8 Å². The predicted molar refractivity (Wildman–Crippen MR) is 105 cm³/mol. The predicted octanol–water partition coefficient (Wildman–Crippen LogP) is 6.18. The standard InChI is InChI=1S/C18H12Cl3NO2S/c19-12-1-5-14(6-2-12)22(15-7-3-13(20)4-8-15)18(24)17-16(21)11(9-23)10-25-17/h1-8,10,23H,9H2. The minimum atomic E-state index is -0.292. The molecule has 0 saturated carbocycles. The molecule has 7 heteroatoms. The lowest BCUT2D eigenvalue weighted by molar-refractivity contribution is 0.100. The molecule has 128 valence electrons. The van der Waals surface area contributed by atoms with Gasteiger partial charge in [0.1, 0.15) is 4.88 Å². The second kappa shape index (κ2) is 7.77. The zero-order valence-corrected chi connectivity index (χ0v) is 15.8. The third-order valence-electron chi connectivity index (χ3n) is 3.54. The molecule has 3 nitrogen and oxygen atoms in total. The van der Waals surface area contributed by atoms with Gasteiger partial charge in [-0.3, -0.25) is 9.69 Å². The fourth-order valence-corrected chi connectivity index (χ4v) is 3.82. The third kappa shape index (κ3) is 3.84. The molecule has 0 aliphatic heterocycles. The molecule has 3 aromatic rings. The fourth-order valence-electron chi connectivity index (χ4n) is 2.30. The molecule has 0 aliphatic rings. The Kier molecular flexibility index (Phi) is 5.67. The number of aliphatic hydroxyl groups is 1. The van der Waals surface area contributed by atoms with Gasteiger partial charge in [0.15, 0.2) is 0 Å². The van der Waals surface area contributed by atoms with Crippen LogP contribution in [0.25, 0.3) is 0 Å². The maximum Gasteiger partial charge on any atom is 0.274 e. The van der Waals surface area contributed by atoms with Gasteiger partial charge in [-0.15, -0.1) is 11.3 Å². The summed E-state index contributed by atoms with van der Waals surface area (Å²) in [6, 6.07) is 13.9. The van der Waals surface area contributed by atoms with Crippen LogP contribution in [0, 0.1) is 0 Å². The summed E-state index contributed by atoms with van der Waals surface area (Å²) in [5.41, 5.74) is 1.82. The van der Waals surface area contributed by atoms with Crippen molar-refractivity contribution in [3.63, 3.8) is 0 Å². The number of hydrogen-bond donors (Lipinski definition) is 1. The van der Waals surface area contributed by atoms with Crippen molar-refractivity contribution in [3.8, 4) is 0 Å². The first-order valence-corrected chi connectivity index (χ1v) is 9.25. The Morgan fingerprint density at radius 2 is 1.40 bits per heavy atom. The molecule has 0 spiro atoms.